The summed E-state index contributed by atoms with van der Waals surface area (Å²) in [7, 11) is 1.58. The van der Waals surface area contributed by atoms with Gasteiger partial charge in [-0.05, 0) is 43.2 Å². The minimum absolute atomic E-state index is 0.0785. The molecule has 0 saturated carbocycles. The summed E-state index contributed by atoms with van der Waals surface area (Å²) < 4.78 is 22.9. The number of aromatic nitrogens is 3. The summed E-state index contributed by atoms with van der Waals surface area (Å²) >= 11 is 1.45. The van der Waals surface area contributed by atoms with Gasteiger partial charge in [-0.15, -0.1) is 11.3 Å². The summed E-state index contributed by atoms with van der Waals surface area (Å²) in [6, 6.07) is 5.58. The molecule has 32 heavy (non-hydrogen) atoms. The summed E-state index contributed by atoms with van der Waals surface area (Å²) in [4.78, 5) is 18.9. The first-order valence-electron chi connectivity index (χ1n) is 10.2. The number of fused-ring (bicyclic) bond motifs is 2. The number of hydrogen-bond donors (Lipinski definition) is 1. The van der Waals surface area contributed by atoms with Crippen LogP contribution >= 0.6 is 11.3 Å². The molecule has 4 aromatic rings. The van der Waals surface area contributed by atoms with Crippen LogP contribution in [0.1, 0.15) is 23.6 Å². The first-order chi connectivity index (χ1) is 15.4. The highest BCUT2D eigenvalue weighted by Crippen LogP contribution is 2.44. The highest BCUT2D eigenvalue weighted by molar-refractivity contribution is 7.22. The second-order valence-electron chi connectivity index (χ2n) is 7.93. The number of ether oxygens (including phenoxy) is 1. The summed E-state index contributed by atoms with van der Waals surface area (Å²) in [5.41, 5.74) is 9.26. The average Bonchev–Trinajstić information content (AvgIpc) is 3.52. The summed E-state index contributed by atoms with van der Waals surface area (Å²) in [6.45, 7) is 6.54. The van der Waals surface area contributed by atoms with Crippen molar-refractivity contribution in [3.05, 3.63) is 54.3 Å². The Morgan fingerprint density at radius 1 is 1.41 bits per heavy atom. The molecular weight excluding hydrogens is 429 g/mol. The lowest BCUT2D eigenvalue weighted by Gasteiger charge is -2.14. The van der Waals surface area contributed by atoms with E-state index in [1.807, 2.05) is 12.1 Å². The Hall–Kier alpha value is -3.46. The van der Waals surface area contributed by atoms with Gasteiger partial charge in [-0.3, -0.25) is 4.79 Å². The number of carbonyl (C=O) groups excluding carboxylic acids is 1. The van der Waals surface area contributed by atoms with Gasteiger partial charge >= 0.3 is 0 Å². The Morgan fingerprint density at radius 3 is 2.97 bits per heavy atom. The molecule has 4 heterocycles. The van der Waals surface area contributed by atoms with Gasteiger partial charge in [0.1, 0.15) is 23.4 Å². The van der Waals surface area contributed by atoms with Crippen LogP contribution < -0.4 is 10.5 Å². The maximum absolute atomic E-state index is 14.9. The van der Waals surface area contributed by atoms with Crippen LogP contribution in [0.3, 0.4) is 0 Å². The molecule has 0 unspecified atom stereocenters. The number of carbonyl (C=O) groups is 1. The van der Waals surface area contributed by atoms with E-state index < -0.39 is 0 Å². The van der Waals surface area contributed by atoms with Gasteiger partial charge in [0.15, 0.2) is 5.82 Å². The molecule has 5 rings (SSSR count). The lowest BCUT2D eigenvalue weighted by atomic mass is 10.0. The topological polar surface area (TPSA) is 85.8 Å². The third kappa shape index (κ3) is 3.03. The Kier molecular flexibility index (Phi) is 4.85. The van der Waals surface area contributed by atoms with Crippen LogP contribution in [0.25, 0.3) is 26.0 Å². The van der Waals surface area contributed by atoms with Crippen LogP contribution in [-0.4, -0.2) is 45.6 Å². The smallest absolute Gasteiger partial charge is 0.245 e. The highest BCUT2D eigenvalue weighted by Gasteiger charge is 2.30. The molecule has 9 heteroatoms. The normalized spacial score (nSPS) is 16.2. The number of benzene rings is 1. The van der Waals surface area contributed by atoms with Gasteiger partial charge in [0, 0.05) is 40.5 Å². The van der Waals surface area contributed by atoms with E-state index in [1.54, 1.807) is 29.5 Å². The molecule has 1 aliphatic heterocycles. The van der Waals surface area contributed by atoms with E-state index in [1.165, 1.54) is 23.7 Å². The van der Waals surface area contributed by atoms with Gasteiger partial charge in [0.2, 0.25) is 5.91 Å². The first kappa shape index (κ1) is 20.4. The Labute approximate surface area is 187 Å². The molecule has 1 aliphatic rings. The van der Waals surface area contributed by atoms with E-state index in [-0.39, 0.29) is 17.6 Å². The predicted molar refractivity (Wildman–Crippen MR) is 124 cm³/mol. The molecule has 2 N–H and O–H groups in total. The zero-order valence-corrected chi connectivity index (χ0v) is 18.6. The number of amides is 1. The molecular formula is C23H22FN5O2S. The molecule has 1 fully saturated rings. The Balaban J connectivity index is 1.69. The minimum Gasteiger partial charge on any atom is -0.495 e. The van der Waals surface area contributed by atoms with Crippen molar-refractivity contribution < 1.29 is 13.9 Å². The van der Waals surface area contributed by atoms with Crippen LogP contribution in [0.4, 0.5) is 10.2 Å². The van der Waals surface area contributed by atoms with Crippen molar-refractivity contribution in [1.29, 1.82) is 0 Å². The molecule has 7 nitrogen and oxygen atoms in total. The van der Waals surface area contributed by atoms with E-state index in [0.717, 1.165) is 27.3 Å². The molecule has 1 aromatic carbocycles. The summed E-state index contributed by atoms with van der Waals surface area (Å²) in [5, 5.41) is 4.97. The zero-order valence-electron chi connectivity index (χ0n) is 17.8. The number of halogens is 1. The lowest BCUT2D eigenvalue weighted by molar-refractivity contribution is -0.125. The summed E-state index contributed by atoms with van der Waals surface area (Å²) in [6.07, 6.45) is 3.57. The third-order valence-corrected chi connectivity index (χ3v) is 7.26. The van der Waals surface area contributed by atoms with Gasteiger partial charge in [-0.1, -0.05) is 6.58 Å². The number of likely N-dealkylation sites (tertiary alicyclic amines) is 1. The van der Waals surface area contributed by atoms with Crippen LogP contribution in [0.5, 0.6) is 5.75 Å². The molecule has 0 bridgehead atoms. The van der Waals surface area contributed by atoms with E-state index in [9.17, 15) is 9.18 Å². The van der Waals surface area contributed by atoms with Crippen molar-refractivity contribution in [2.24, 2.45) is 0 Å². The fourth-order valence-electron chi connectivity index (χ4n) is 4.46. The van der Waals surface area contributed by atoms with Crippen molar-refractivity contribution in [1.82, 2.24) is 19.5 Å². The number of nitrogen functional groups attached to an aromatic ring is 1. The second kappa shape index (κ2) is 7.59. The molecule has 0 spiro atoms. The second-order valence-corrected chi connectivity index (χ2v) is 8.98. The lowest BCUT2D eigenvalue weighted by Crippen LogP contribution is -2.26. The number of hydrogen-bond acceptors (Lipinski definition) is 6. The molecule has 1 atom stereocenters. The molecule has 0 aliphatic carbocycles. The molecule has 0 radical (unpaired) electrons. The van der Waals surface area contributed by atoms with Gasteiger partial charge in [0.25, 0.3) is 0 Å². The molecule has 1 saturated heterocycles. The van der Waals surface area contributed by atoms with Crippen LogP contribution in [-0.2, 0) is 4.79 Å². The zero-order chi connectivity index (χ0) is 22.6. The number of nitrogens with zero attached hydrogens (tertiary/aromatic N) is 4. The van der Waals surface area contributed by atoms with Gasteiger partial charge < -0.3 is 15.4 Å². The van der Waals surface area contributed by atoms with Crippen molar-refractivity contribution >= 4 is 38.7 Å². The Morgan fingerprint density at radius 2 is 2.22 bits per heavy atom. The van der Waals surface area contributed by atoms with E-state index >= 15 is 0 Å². The SMILES string of the molecule is C=CC(=O)N1CC[C@@H](c2cc(-c3cc4c(F)c(C)cc(OC)c4s3)c3c(N)ncnn23)C1. The number of methoxy groups -OCH3 is 1. The van der Waals surface area contributed by atoms with Crippen molar-refractivity contribution in [2.75, 3.05) is 25.9 Å². The molecule has 3 aromatic heterocycles. The van der Waals surface area contributed by atoms with E-state index in [2.05, 4.69) is 16.7 Å². The maximum atomic E-state index is 14.9. The average molecular weight is 452 g/mol. The number of thiophene rings is 1. The summed E-state index contributed by atoms with van der Waals surface area (Å²) in [5.74, 6) is 0.741. The van der Waals surface area contributed by atoms with Crippen molar-refractivity contribution in [3.8, 4) is 16.2 Å². The van der Waals surface area contributed by atoms with Crippen LogP contribution in [0.15, 0.2) is 37.2 Å². The van der Waals surface area contributed by atoms with Crippen LogP contribution in [0, 0.1) is 12.7 Å². The number of anilines is 1. The minimum atomic E-state index is -0.259. The molecule has 1 amide bonds. The first-order valence-corrected chi connectivity index (χ1v) is 11.0. The number of rotatable bonds is 4. The third-order valence-electron chi connectivity index (χ3n) is 6.07. The quantitative estimate of drug-likeness (QED) is 0.471. The fourth-order valence-corrected chi connectivity index (χ4v) is 5.62. The van der Waals surface area contributed by atoms with Crippen molar-refractivity contribution in [2.45, 2.75) is 19.3 Å². The molecule has 164 valence electrons. The number of aryl methyl sites for hydroxylation is 1. The van der Waals surface area contributed by atoms with E-state index in [4.69, 9.17) is 10.5 Å². The number of nitrogens with two attached hydrogens (primary N) is 1. The largest absolute Gasteiger partial charge is 0.495 e. The van der Waals surface area contributed by atoms with Gasteiger partial charge in [-0.25, -0.2) is 13.9 Å². The monoisotopic (exact) mass is 451 g/mol. The fraction of sp³-hybridized carbons (Fsp3) is 0.261. The van der Waals surface area contributed by atoms with Crippen LogP contribution in [0.2, 0.25) is 0 Å². The standard InChI is InChI=1S/C23H22FN5O2S/c1-4-19(30)28-6-5-13(10-28)16-8-14(21-23(25)26-11-27-29(16)21)18-9-15-20(24)12(2)7-17(31-3)22(15)32-18/h4,7-9,11,13H,1,5-6,10H2,2-3H3,(H2,25,26,27)/t13-/m1/s1. The predicted octanol–water partition coefficient (Wildman–Crippen LogP) is 4.15. The van der Waals surface area contributed by atoms with E-state index in [0.29, 0.717) is 41.1 Å². The highest BCUT2D eigenvalue weighted by atomic mass is 32.1. The van der Waals surface area contributed by atoms with Gasteiger partial charge in [-0.2, -0.15) is 5.10 Å². The maximum Gasteiger partial charge on any atom is 0.245 e. The van der Waals surface area contributed by atoms with Gasteiger partial charge in [0.05, 0.1) is 11.8 Å². The Bertz CT molecular complexity index is 1390. The van der Waals surface area contributed by atoms with Crippen molar-refractivity contribution in [3.63, 3.8) is 0 Å².